The number of benzene rings is 1. The van der Waals surface area contributed by atoms with Crippen LogP contribution in [0, 0.1) is 0 Å². The highest BCUT2D eigenvalue weighted by atomic mass is 16.4. The first-order valence-corrected chi connectivity index (χ1v) is 6.24. The molecule has 0 amide bonds. The van der Waals surface area contributed by atoms with Crippen LogP contribution in [0.1, 0.15) is 25.3 Å². The van der Waals surface area contributed by atoms with Gasteiger partial charge in [-0.1, -0.05) is 48.1 Å². The van der Waals surface area contributed by atoms with Gasteiger partial charge in [-0.05, 0) is 25.3 Å². The van der Waals surface area contributed by atoms with E-state index < -0.39 is 18.4 Å². The van der Waals surface area contributed by atoms with E-state index >= 15 is 0 Å². The van der Waals surface area contributed by atoms with E-state index in [0.29, 0.717) is 18.4 Å². The number of carboxylic acid groups (broad SMARTS) is 2. The molecule has 4 heteroatoms. The summed E-state index contributed by atoms with van der Waals surface area (Å²) >= 11 is 0. The molecule has 0 atom stereocenters. The lowest BCUT2D eigenvalue weighted by Gasteiger charge is -2.12. The summed E-state index contributed by atoms with van der Waals surface area (Å²) < 4.78 is 0. The highest BCUT2D eigenvalue weighted by Crippen LogP contribution is 2.21. The maximum absolute atomic E-state index is 11.3. The number of hydrogen-bond acceptors (Lipinski definition) is 2. The fourth-order valence-corrected chi connectivity index (χ4v) is 1.99. The summed E-state index contributed by atoms with van der Waals surface area (Å²) in [7, 11) is 0. The Kier molecular flexibility index (Phi) is 5.72. The number of carbonyl (C=O) groups is 2. The van der Waals surface area contributed by atoms with Crippen LogP contribution in [0.3, 0.4) is 0 Å². The van der Waals surface area contributed by atoms with E-state index in [1.165, 1.54) is 0 Å². The summed E-state index contributed by atoms with van der Waals surface area (Å²) in [4.78, 5) is 22.1. The molecule has 1 rings (SSSR count). The quantitative estimate of drug-likeness (QED) is 0.592. The lowest BCUT2D eigenvalue weighted by Crippen LogP contribution is -2.11. The van der Waals surface area contributed by atoms with Crippen molar-refractivity contribution in [3.05, 3.63) is 59.2 Å². The Labute approximate surface area is 118 Å². The van der Waals surface area contributed by atoms with Crippen LogP contribution in [0.15, 0.2) is 53.6 Å². The molecule has 1 aromatic carbocycles. The van der Waals surface area contributed by atoms with Crippen molar-refractivity contribution in [2.75, 3.05) is 0 Å². The molecule has 0 spiro atoms. The van der Waals surface area contributed by atoms with Crippen molar-refractivity contribution in [2.24, 2.45) is 0 Å². The fraction of sp³-hybridized carbons (Fsp3) is 0.250. The van der Waals surface area contributed by atoms with Crippen molar-refractivity contribution < 1.29 is 19.8 Å². The van der Waals surface area contributed by atoms with E-state index in [4.69, 9.17) is 5.11 Å². The molecule has 0 radical (unpaired) electrons. The van der Waals surface area contributed by atoms with Crippen molar-refractivity contribution in [3.63, 3.8) is 0 Å². The van der Waals surface area contributed by atoms with E-state index in [-0.39, 0.29) is 5.57 Å². The molecule has 20 heavy (non-hydrogen) atoms. The van der Waals surface area contributed by atoms with Crippen molar-refractivity contribution in [1.29, 1.82) is 0 Å². The second-order valence-electron chi connectivity index (χ2n) is 4.75. The molecule has 0 aliphatic carbocycles. The largest absolute Gasteiger partial charge is 0.481 e. The highest BCUT2D eigenvalue weighted by molar-refractivity contribution is 5.93. The van der Waals surface area contributed by atoms with Gasteiger partial charge in [0.05, 0.1) is 6.42 Å². The van der Waals surface area contributed by atoms with Gasteiger partial charge in [0, 0.05) is 5.57 Å². The first kappa shape index (κ1) is 15.7. The maximum atomic E-state index is 11.3. The summed E-state index contributed by atoms with van der Waals surface area (Å²) in [5.74, 6) is -2.32. The Balaban J connectivity index is 3.16. The Morgan fingerprint density at radius 3 is 2.15 bits per heavy atom. The Morgan fingerprint density at radius 1 is 1.10 bits per heavy atom. The van der Waals surface area contributed by atoms with Gasteiger partial charge >= 0.3 is 11.9 Å². The molecule has 4 nitrogen and oxygen atoms in total. The first-order chi connectivity index (χ1) is 9.40. The molecule has 0 fully saturated rings. The second-order valence-corrected chi connectivity index (χ2v) is 4.75. The molecule has 0 bridgehead atoms. The minimum Gasteiger partial charge on any atom is -0.481 e. The van der Waals surface area contributed by atoms with E-state index in [1.54, 1.807) is 6.92 Å². The number of carboxylic acids is 2. The van der Waals surface area contributed by atoms with Gasteiger partial charge in [-0.25, -0.2) is 4.79 Å². The van der Waals surface area contributed by atoms with Gasteiger partial charge in [-0.3, -0.25) is 4.79 Å². The zero-order valence-corrected chi connectivity index (χ0v) is 11.4. The van der Waals surface area contributed by atoms with Gasteiger partial charge in [-0.2, -0.15) is 0 Å². The molecule has 0 aliphatic heterocycles. The Bertz CT molecular complexity index is 541. The minimum absolute atomic E-state index is 0.0515. The average molecular weight is 274 g/mol. The Hall–Kier alpha value is -2.36. The zero-order chi connectivity index (χ0) is 15.1. The molecule has 2 N–H and O–H groups in total. The van der Waals surface area contributed by atoms with Gasteiger partial charge in [0.25, 0.3) is 0 Å². The van der Waals surface area contributed by atoms with Gasteiger partial charge in [0.2, 0.25) is 0 Å². The van der Waals surface area contributed by atoms with Crippen LogP contribution in [0.2, 0.25) is 0 Å². The fourth-order valence-electron chi connectivity index (χ4n) is 1.99. The topological polar surface area (TPSA) is 74.6 Å². The van der Waals surface area contributed by atoms with E-state index in [2.05, 4.69) is 6.58 Å². The van der Waals surface area contributed by atoms with Gasteiger partial charge < -0.3 is 10.2 Å². The van der Waals surface area contributed by atoms with Crippen molar-refractivity contribution in [3.8, 4) is 0 Å². The zero-order valence-electron chi connectivity index (χ0n) is 11.4. The minimum atomic E-state index is -1.18. The van der Waals surface area contributed by atoms with Crippen LogP contribution in [-0.2, 0) is 16.0 Å². The van der Waals surface area contributed by atoms with E-state index in [9.17, 15) is 14.7 Å². The van der Waals surface area contributed by atoms with Crippen LogP contribution in [-0.4, -0.2) is 22.2 Å². The maximum Gasteiger partial charge on any atom is 0.332 e. The summed E-state index contributed by atoms with van der Waals surface area (Å²) in [6.07, 6.45) is 0.331. The van der Waals surface area contributed by atoms with Crippen molar-refractivity contribution >= 4 is 11.9 Å². The number of rotatable bonds is 7. The molecule has 0 saturated carbocycles. The monoisotopic (exact) mass is 274 g/mol. The van der Waals surface area contributed by atoms with Crippen LogP contribution < -0.4 is 0 Å². The molecule has 106 valence electrons. The molecular formula is C16H18O4. The van der Waals surface area contributed by atoms with Gasteiger partial charge in [0.1, 0.15) is 0 Å². The van der Waals surface area contributed by atoms with Crippen molar-refractivity contribution in [1.82, 2.24) is 0 Å². The number of aliphatic carboxylic acids is 2. The third-order valence-electron chi connectivity index (χ3n) is 2.79. The summed E-state index contributed by atoms with van der Waals surface area (Å²) in [5.41, 5.74) is 2.30. The van der Waals surface area contributed by atoms with Crippen LogP contribution in [0.25, 0.3) is 0 Å². The molecule has 0 aromatic heterocycles. The predicted molar refractivity (Wildman–Crippen MR) is 76.5 cm³/mol. The first-order valence-electron chi connectivity index (χ1n) is 6.24. The third-order valence-corrected chi connectivity index (χ3v) is 2.79. The van der Waals surface area contributed by atoms with Gasteiger partial charge in [-0.15, -0.1) is 0 Å². The lowest BCUT2D eigenvalue weighted by atomic mass is 9.93. The molecule has 1 aromatic rings. The average Bonchev–Trinajstić information content (AvgIpc) is 2.35. The second kappa shape index (κ2) is 7.28. The lowest BCUT2D eigenvalue weighted by molar-refractivity contribution is -0.139. The van der Waals surface area contributed by atoms with Gasteiger partial charge in [0.15, 0.2) is 0 Å². The van der Waals surface area contributed by atoms with Crippen LogP contribution in [0.5, 0.6) is 0 Å². The number of allylic oxidation sites excluding steroid dienone is 2. The standard InChI is InChI=1S/C16H18O4/c1-11(2)8-13(9-12-6-4-3-5-7-12)14(16(19)20)10-15(17)18/h3-7H,1,8-10H2,2H3,(H,17,18)(H,19,20). The summed E-state index contributed by atoms with van der Waals surface area (Å²) in [6, 6.07) is 9.38. The van der Waals surface area contributed by atoms with E-state index in [0.717, 1.165) is 11.1 Å². The normalized spacial score (nSPS) is 11.7. The van der Waals surface area contributed by atoms with Crippen LogP contribution >= 0.6 is 0 Å². The van der Waals surface area contributed by atoms with Crippen molar-refractivity contribution in [2.45, 2.75) is 26.2 Å². The Morgan fingerprint density at radius 2 is 1.70 bits per heavy atom. The summed E-state index contributed by atoms with van der Waals surface area (Å²) in [5, 5.41) is 18.1. The predicted octanol–water partition coefficient (Wildman–Crippen LogP) is 3.05. The van der Waals surface area contributed by atoms with E-state index in [1.807, 2.05) is 30.3 Å². The third kappa shape index (κ3) is 5.10. The molecular weight excluding hydrogens is 256 g/mol. The summed E-state index contributed by atoms with van der Waals surface area (Å²) in [6.45, 7) is 5.58. The molecule has 0 saturated heterocycles. The smallest absolute Gasteiger partial charge is 0.332 e. The van der Waals surface area contributed by atoms with Crippen LogP contribution in [0.4, 0.5) is 0 Å². The molecule has 0 heterocycles. The molecule has 0 unspecified atom stereocenters. The highest BCUT2D eigenvalue weighted by Gasteiger charge is 2.18. The molecule has 0 aliphatic rings. The SMILES string of the molecule is C=C(C)CC(Cc1ccccc1)=C(CC(=O)O)C(=O)O. The number of hydrogen-bond donors (Lipinski definition) is 2.